The van der Waals surface area contributed by atoms with E-state index >= 15 is 0 Å². The maximum absolute atomic E-state index is 13.7. The molecule has 1 atom stereocenters. The number of nitrogens with zero attached hydrogens (tertiary/aromatic N) is 2. The number of hydrogen-bond acceptors (Lipinski definition) is 3. The molecular formula is C13H13ClFN3. The molecule has 0 bridgehead atoms. The Labute approximate surface area is 110 Å². The Balaban J connectivity index is 2.24. The van der Waals surface area contributed by atoms with Gasteiger partial charge in [0.1, 0.15) is 0 Å². The highest BCUT2D eigenvalue weighted by molar-refractivity contribution is 6.31. The molecule has 18 heavy (non-hydrogen) atoms. The second-order valence-electron chi connectivity index (χ2n) is 3.99. The lowest BCUT2D eigenvalue weighted by atomic mass is 10.1. The average molecular weight is 266 g/mol. The molecule has 0 spiro atoms. The van der Waals surface area contributed by atoms with Crippen LogP contribution in [0.2, 0.25) is 5.02 Å². The zero-order valence-electron chi connectivity index (χ0n) is 10.1. The maximum Gasteiger partial charge on any atom is 0.164 e. The van der Waals surface area contributed by atoms with Crippen LogP contribution in [0, 0.1) is 12.7 Å². The summed E-state index contributed by atoms with van der Waals surface area (Å²) in [5.41, 5.74) is 1.97. The van der Waals surface area contributed by atoms with Crippen LogP contribution >= 0.6 is 11.6 Å². The predicted molar refractivity (Wildman–Crippen MR) is 70.2 cm³/mol. The smallest absolute Gasteiger partial charge is 0.164 e. The second-order valence-corrected chi connectivity index (χ2v) is 4.40. The molecule has 0 radical (unpaired) electrons. The van der Waals surface area contributed by atoms with Crippen molar-refractivity contribution in [2.45, 2.75) is 19.9 Å². The van der Waals surface area contributed by atoms with Gasteiger partial charge in [-0.25, -0.2) is 4.39 Å². The molecule has 2 rings (SSSR count). The molecule has 1 N–H and O–H groups in total. The summed E-state index contributed by atoms with van der Waals surface area (Å²) in [7, 11) is 0. The Morgan fingerprint density at radius 1 is 1.28 bits per heavy atom. The lowest BCUT2D eigenvalue weighted by Gasteiger charge is -2.16. The highest BCUT2D eigenvalue weighted by Gasteiger charge is 2.13. The van der Waals surface area contributed by atoms with Crippen molar-refractivity contribution in [3.05, 3.63) is 52.8 Å². The Morgan fingerprint density at radius 3 is 2.72 bits per heavy atom. The van der Waals surface area contributed by atoms with Gasteiger partial charge in [-0.3, -0.25) is 9.97 Å². The van der Waals surface area contributed by atoms with Crippen LogP contribution < -0.4 is 5.32 Å². The first-order valence-corrected chi connectivity index (χ1v) is 5.95. The fraction of sp³-hybridized carbons (Fsp3) is 0.231. The molecule has 1 aromatic heterocycles. The number of benzene rings is 1. The molecule has 5 heteroatoms. The van der Waals surface area contributed by atoms with Crippen molar-refractivity contribution in [1.29, 1.82) is 0 Å². The monoisotopic (exact) mass is 265 g/mol. The van der Waals surface area contributed by atoms with Gasteiger partial charge in [0.15, 0.2) is 5.82 Å². The van der Waals surface area contributed by atoms with Gasteiger partial charge >= 0.3 is 0 Å². The third kappa shape index (κ3) is 2.59. The van der Waals surface area contributed by atoms with E-state index in [9.17, 15) is 4.39 Å². The van der Waals surface area contributed by atoms with Gasteiger partial charge in [0.2, 0.25) is 0 Å². The summed E-state index contributed by atoms with van der Waals surface area (Å²) in [6.07, 6.45) is 3.25. The number of anilines is 1. The summed E-state index contributed by atoms with van der Waals surface area (Å²) >= 11 is 5.73. The third-order valence-corrected chi connectivity index (χ3v) is 2.94. The number of nitrogens with one attached hydrogen (secondary N) is 1. The molecule has 0 aliphatic heterocycles. The third-order valence-electron chi connectivity index (χ3n) is 2.65. The summed E-state index contributed by atoms with van der Waals surface area (Å²) < 4.78 is 13.7. The van der Waals surface area contributed by atoms with Crippen molar-refractivity contribution in [3.8, 4) is 0 Å². The van der Waals surface area contributed by atoms with Gasteiger partial charge < -0.3 is 5.32 Å². The molecule has 0 fully saturated rings. The molecular weight excluding hydrogens is 253 g/mol. The van der Waals surface area contributed by atoms with E-state index in [4.69, 9.17) is 11.6 Å². The molecule has 2 aromatic rings. The number of halogens is 2. The molecule has 3 nitrogen and oxygen atoms in total. The first kappa shape index (κ1) is 12.8. The van der Waals surface area contributed by atoms with Crippen molar-refractivity contribution in [2.75, 3.05) is 5.32 Å². The van der Waals surface area contributed by atoms with E-state index in [1.807, 2.05) is 13.8 Å². The summed E-state index contributed by atoms with van der Waals surface area (Å²) in [5.74, 6) is -0.451. The molecule has 1 heterocycles. The number of rotatable bonds is 3. The van der Waals surface area contributed by atoms with Crippen LogP contribution in [0.1, 0.15) is 24.4 Å². The fourth-order valence-corrected chi connectivity index (χ4v) is 1.93. The van der Waals surface area contributed by atoms with Gasteiger partial charge in [0.25, 0.3) is 0 Å². The van der Waals surface area contributed by atoms with E-state index in [2.05, 4.69) is 15.3 Å². The molecule has 0 aliphatic carbocycles. The maximum atomic E-state index is 13.7. The van der Waals surface area contributed by atoms with E-state index in [0.717, 1.165) is 11.4 Å². The SMILES string of the molecule is Cc1nccnc1C(C)Nc1cccc(Cl)c1F. The molecule has 1 aromatic carbocycles. The van der Waals surface area contributed by atoms with Crippen LogP contribution in [0.25, 0.3) is 0 Å². The van der Waals surface area contributed by atoms with Crippen molar-refractivity contribution in [1.82, 2.24) is 9.97 Å². The van der Waals surface area contributed by atoms with Gasteiger partial charge in [0.05, 0.1) is 28.1 Å². The summed E-state index contributed by atoms with van der Waals surface area (Å²) in [6, 6.07) is 4.71. The fourth-order valence-electron chi connectivity index (χ4n) is 1.76. The minimum atomic E-state index is -0.451. The number of aryl methyl sites for hydroxylation is 1. The first-order chi connectivity index (χ1) is 8.59. The topological polar surface area (TPSA) is 37.8 Å². The number of hydrogen-bond donors (Lipinski definition) is 1. The molecule has 0 amide bonds. The van der Waals surface area contributed by atoms with Crippen LogP contribution in [0.3, 0.4) is 0 Å². The Bertz CT molecular complexity index is 560. The quantitative estimate of drug-likeness (QED) is 0.918. The molecule has 1 unspecified atom stereocenters. The minimum absolute atomic E-state index is 0.100. The van der Waals surface area contributed by atoms with Crippen LogP contribution in [-0.4, -0.2) is 9.97 Å². The summed E-state index contributed by atoms with van der Waals surface area (Å²) in [6.45, 7) is 3.77. The van der Waals surface area contributed by atoms with E-state index in [1.54, 1.807) is 24.5 Å². The van der Waals surface area contributed by atoms with Gasteiger partial charge in [-0.05, 0) is 26.0 Å². The highest BCUT2D eigenvalue weighted by Crippen LogP contribution is 2.25. The van der Waals surface area contributed by atoms with Gasteiger partial charge in [-0.2, -0.15) is 0 Å². The van der Waals surface area contributed by atoms with Gasteiger partial charge in [-0.1, -0.05) is 17.7 Å². The molecule has 94 valence electrons. The van der Waals surface area contributed by atoms with Crippen molar-refractivity contribution < 1.29 is 4.39 Å². The van der Waals surface area contributed by atoms with Gasteiger partial charge in [0, 0.05) is 12.4 Å². The lowest BCUT2D eigenvalue weighted by Crippen LogP contribution is -2.12. The normalized spacial score (nSPS) is 12.2. The van der Waals surface area contributed by atoms with E-state index in [0.29, 0.717) is 5.69 Å². The zero-order chi connectivity index (χ0) is 13.1. The van der Waals surface area contributed by atoms with Crippen LogP contribution in [0.15, 0.2) is 30.6 Å². The van der Waals surface area contributed by atoms with Crippen molar-refractivity contribution >= 4 is 17.3 Å². The highest BCUT2D eigenvalue weighted by atomic mass is 35.5. The molecule has 0 aliphatic rings. The van der Waals surface area contributed by atoms with E-state index in [-0.39, 0.29) is 11.1 Å². The molecule has 0 saturated carbocycles. The Hall–Kier alpha value is -1.68. The lowest BCUT2D eigenvalue weighted by molar-refractivity contribution is 0.627. The van der Waals surface area contributed by atoms with Crippen LogP contribution in [0.4, 0.5) is 10.1 Å². The zero-order valence-corrected chi connectivity index (χ0v) is 10.9. The van der Waals surface area contributed by atoms with Crippen LogP contribution in [0.5, 0.6) is 0 Å². The van der Waals surface area contributed by atoms with Crippen molar-refractivity contribution in [2.24, 2.45) is 0 Å². The second kappa shape index (κ2) is 5.31. The van der Waals surface area contributed by atoms with Crippen molar-refractivity contribution in [3.63, 3.8) is 0 Å². The minimum Gasteiger partial charge on any atom is -0.374 e. The van der Waals surface area contributed by atoms with Gasteiger partial charge in [-0.15, -0.1) is 0 Å². The Kier molecular flexibility index (Phi) is 3.77. The van der Waals surface area contributed by atoms with E-state index in [1.165, 1.54) is 6.07 Å². The predicted octanol–water partition coefficient (Wildman–Crippen LogP) is 3.75. The average Bonchev–Trinajstić information content (AvgIpc) is 2.35. The summed E-state index contributed by atoms with van der Waals surface area (Å²) in [4.78, 5) is 8.41. The van der Waals surface area contributed by atoms with Crippen LogP contribution in [-0.2, 0) is 0 Å². The standard InChI is InChI=1S/C13H13ClFN3/c1-8-13(17-7-6-16-8)9(2)18-11-5-3-4-10(14)12(11)15/h3-7,9,18H,1-2H3. The molecule has 0 saturated heterocycles. The Morgan fingerprint density at radius 2 is 2.00 bits per heavy atom. The summed E-state index contributed by atoms with van der Waals surface area (Å²) in [5, 5.41) is 3.15. The largest absolute Gasteiger partial charge is 0.374 e. The number of aromatic nitrogens is 2. The van der Waals surface area contributed by atoms with E-state index < -0.39 is 5.82 Å². The first-order valence-electron chi connectivity index (χ1n) is 5.57.